The number of quaternary nitrogens is 1. The number of nitrogens with zero attached hydrogens (tertiary/aromatic N) is 1. The minimum absolute atomic E-state index is 0.152. The van der Waals surface area contributed by atoms with Gasteiger partial charge in [-0.2, -0.15) is 0 Å². The smallest absolute Gasteiger partial charge is 0.306 e. The molecule has 0 N–H and O–H groups in total. The maximum absolute atomic E-state index is 12.6. The number of rotatable bonds is 35. The van der Waals surface area contributed by atoms with Gasteiger partial charge in [0.15, 0.2) is 12.4 Å². The number of esters is 2. The van der Waals surface area contributed by atoms with E-state index in [1.54, 1.807) is 0 Å². The van der Waals surface area contributed by atoms with Crippen molar-refractivity contribution in [2.24, 2.45) is 0 Å². The number of hydrogen-bond acceptors (Lipinski definition) is 8. The Kier molecular flexibility index (Phi) is 30.4. The highest BCUT2D eigenvalue weighted by Crippen LogP contribution is 2.15. The fourth-order valence-corrected chi connectivity index (χ4v) is 5.30. The van der Waals surface area contributed by atoms with Crippen LogP contribution in [0.3, 0.4) is 0 Å². The number of likely N-dealkylation sites (N-methyl/N-ethyl adjacent to an activating group) is 1. The van der Waals surface area contributed by atoms with E-state index in [2.05, 4.69) is 13.8 Å². The fraction of sp³-hybridized carbons (Fsp3) is 0.921. The van der Waals surface area contributed by atoms with Crippen LogP contribution in [-0.4, -0.2) is 82.3 Å². The van der Waals surface area contributed by atoms with Crippen molar-refractivity contribution in [3.8, 4) is 0 Å². The molecule has 278 valence electrons. The zero-order chi connectivity index (χ0) is 35.0. The number of unbranched alkanes of at least 4 members (excludes halogenated alkanes) is 20. The summed E-state index contributed by atoms with van der Waals surface area (Å²) in [5, 5.41) is 11.6. The summed E-state index contributed by atoms with van der Waals surface area (Å²) in [6.45, 7) is 4.65. The normalized spacial score (nSPS) is 13.0. The van der Waals surface area contributed by atoms with Gasteiger partial charge in [-0.25, -0.2) is 0 Å². The second kappa shape index (κ2) is 31.6. The summed E-state index contributed by atoms with van der Waals surface area (Å²) in [4.78, 5) is 36.4. The third-order valence-corrected chi connectivity index (χ3v) is 8.35. The lowest BCUT2D eigenvalue weighted by Gasteiger charge is -2.26. The standard InChI is InChI=1S/C38H73NO8/c1-6-8-10-12-13-14-15-16-17-18-19-20-21-22-23-25-27-29-36(41)47-34(32-45-35(40)28-26-24-11-9-7-2)33-46-38(37(42)43)44-31-30-39(3,4)5/h34,38H,6-33H2,1-5H3. The first-order valence-corrected chi connectivity index (χ1v) is 19.2. The molecular formula is C38H73NO8. The van der Waals surface area contributed by atoms with Crippen molar-refractivity contribution in [1.29, 1.82) is 0 Å². The zero-order valence-electron chi connectivity index (χ0n) is 31.2. The lowest BCUT2D eigenvalue weighted by atomic mass is 10.0. The van der Waals surface area contributed by atoms with Crippen LogP contribution in [0.1, 0.15) is 168 Å². The van der Waals surface area contributed by atoms with E-state index in [0.29, 0.717) is 17.4 Å². The number of carboxylic acids is 1. The lowest BCUT2D eigenvalue weighted by molar-refractivity contribution is -0.870. The van der Waals surface area contributed by atoms with Crippen LogP contribution in [-0.2, 0) is 33.3 Å². The van der Waals surface area contributed by atoms with Crippen molar-refractivity contribution in [3.63, 3.8) is 0 Å². The molecule has 0 rings (SSSR count). The monoisotopic (exact) mass is 672 g/mol. The lowest BCUT2D eigenvalue weighted by Crippen LogP contribution is -2.44. The average Bonchev–Trinajstić information content (AvgIpc) is 3.01. The first kappa shape index (κ1) is 45.3. The van der Waals surface area contributed by atoms with Gasteiger partial charge in [0.25, 0.3) is 0 Å². The number of carbonyl (C=O) groups is 3. The van der Waals surface area contributed by atoms with Gasteiger partial charge in [-0.3, -0.25) is 9.59 Å². The molecule has 9 nitrogen and oxygen atoms in total. The Morgan fingerprint density at radius 3 is 1.36 bits per heavy atom. The molecule has 0 bridgehead atoms. The molecule has 0 saturated carbocycles. The minimum atomic E-state index is -1.61. The molecule has 2 unspecified atom stereocenters. The van der Waals surface area contributed by atoms with Crippen LogP contribution in [0.5, 0.6) is 0 Å². The summed E-state index contributed by atoms with van der Waals surface area (Å²) in [6, 6.07) is 0. The molecule has 0 aromatic heterocycles. The van der Waals surface area contributed by atoms with Gasteiger partial charge in [0.2, 0.25) is 0 Å². The van der Waals surface area contributed by atoms with Crippen molar-refractivity contribution in [1.82, 2.24) is 0 Å². The van der Waals surface area contributed by atoms with Gasteiger partial charge < -0.3 is 33.3 Å². The second-order valence-electron chi connectivity index (χ2n) is 14.2. The van der Waals surface area contributed by atoms with E-state index in [9.17, 15) is 19.5 Å². The molecule has 0 aromatic carbocycles. The van der Waals surface area contributed by atoms with Crippen LogP contribution >= 0.6 is 0 Å². The van der Waals surface area contributed by atoms with Crippen LogP contribution in [0, 0.1) is 0 Å². The van der Waals surface area contributed by atoms with Crippen molar-refractivity contribution in [2.75, 3.05) is 47.5 Å². The summed E-state index contributed by atoms with van der Waals surface area (Å²) < 4.78 is 22.3. The molecule has 0 fully saturated rings. The molecule has 47 heavy (non-hydrogen) atoms. The van der Waals surface area contributed by atoms with E-state index < -0.39 is 24.3 Å². The zero-order valence-corrected chi connectivity index (χ0v) is 31.2. The van der Waals surface area contributed by atoms with Gasteiger partial charge in [-0.15, -0.1) is 0 Å². The van der Waals surface area contributed by atoms with E-state index in [1.807, 2.05) is 21.1 Å². The predicted molar refractivity (Wildman–Crippen MR) is 187 cm³/mol. The number of hydrogen-bond donors (Lipinski definition) is 0. The largest absolute Gasteiger partial charge is 0.545 e. The Labute approximate surface area is 288 Å². The van der Waals surface area contributed by atoms with Gasteiger partial charge in [-0.05, 0) is 12.8 Å². The van der Waals surface area contributed by atoms with E-state index >= 15 is 0 Å². The Balaban J connectivity index is 4.33. The number of carboxylic acid groups (broad SMARTS) is 1. The molecule has 0 aliphatic heterocycles. The molecule has 0 radical (unpaired) electrons. The highest BCUT2D eigenvalue weighted by Gasteiger charge is 2.21. The van der Waals surface area contributed by atoms with E-state index in [-0.39, 0.29) is 32.2 Å². The van der Waals surface area contributed by atoms with E-state index in [0.717, 1.165) is 51.4 Å². The Morgan fingerprint density at radius 1 is 0.553 bits per heavy atom. The number of aliphatic carboxylic acids is 1. The van der Waals surface area contributed by atoms with Crippen molar-refractivity contribution in [2.45, 2.75) is 180 Å². The van der Waals surface area contributed by atoms with Crippen LogP contribution in [0.25, 0.3) is 0 Å². The SMILES string of the molecule is CCCCCCCCCCCCCCCCCCCC(=O)OC(COC(=O)CCCCCCC)COC(OCC[N+](C)(C)C)C(=O)[O-]. The first-order valence-electron chi connectivity index (χ1n) is 19.2. The average molecular weight is 672 g/mol. The van der Waals surface area contributed by atoms with Crippen LogP contribution < -0.4 is 5.11 Å². The summed E-state index contributed by atoms with van der Waals surface area (Å²) in [5.41, 5.74) is 0. The van der Waals surface area contributed by atoms with Crippen molar-refractivity contribution >= 4 is 17.9 Å². The summed E-state index contributed by atoms with van der Waals surface area (Å²) in [6.07, 6.45) is 24.6. The maximum atomic E-state index is 12.6. The first-order chi connectivity index (χ1) is 22.6. The Bertz CT molecular complexity index is 754. The molecule has 0 aliphatic rings. The van der Waals surface area contributed by atoms with Crippen molar-refractivity contribution < 1.29 is 42.9 Å². The predicted octanol–water partition coefficient (Wildman–Crippen LogP) is 7.66. The van der Waals surface area contributed by atoms with Gasteiger partial charge in [0, 0.05) is 12.8 Å². The third-order valence-electron chi connectivity index (χ3n) is 8.35. The second-order valence-corrected chi connectivity index (χ2v) is 14.2. The topological polar surface area (TPSA) is 111 Å². The van der Waals surface area contributed by atoms with Crippen LogP contribution in [0.15, 0.2) is 0 Å². The summed E-state index contributed by atoms with van der Waals surface area (Å²) >= 11 is 0. The molecule has 0 amide bonds. The minimum Gasteiger partial charge on any atom is -0.545 e. The molecule has 0 saturated heterocycles. The Morgan fingerprint density at radius 2 is 0.957 bits per heavy atom. The molecule has 0 aromatic rings. The third kappa shape index (κ3) is 32.6. The highest BCUT2D eigenvalue weighted by molar-refractivity contribution is 5.70. The van der Waals surface area contributed by atoms with Gasteiger partial charge in [-0.1, -0.05) is 142 Å². The Hall–Kier alpha value is -1.71. The van der Waals surface area contributed by atoms with Gasteiger partial charge in [0.1, 0.15) is 13.2 Å². The van der Waals surface area contributed by atoms with Gasteiger partial charge in [0.05, 0.1) is 40.3 Å². The number of carbonyl (C=O) groups excluding carboxylic acids is 3. The summed E-state index contributed by atoms with van der Waals surface area (Å²) in [7, 11) is 5.89. The quantitative estimate of drug-likeness (QED) is 0.0292. The highest BCUT2D eigenvalue weighted by atomic mass is 16.7. The molecule has 9 heteroatoms. The molecule has 0 aliphatic carbocycles. The molecule has 0 spiro atoms. The summed E-state index contributed by atoms with van der Waals surface area (Å²) in [5.74, 6) is -2.29. The van der Waals surface area contributed by atoms with E-state index in [4.69, 9.17) is 18.9 Å². The number of ether oxygens (including phenoxy) is 4. The van der Waals surface area contributed by atoms with Crippen LogP contribution in [0.4, 0.5) is 0 Å². The van der Waals surface area contributed by atoms with Gasteiger partial charge >= 0.3 is 11.9 Å². The van der Waals surface area contributed by atoms with E-state index in [1.165, 1.54) is 89.9 Å². The molecular weight excluding hydrogens is 598 g/mol. The molecule has 2 atom stereocenters. The molecule has 0 heterocycles. The van der Waals surface area contributed by atoms with Crippen molar-refractivity contribution in [3.05, 3.63) is 0 Å². The van der Waals surface area contributed by atoms with Crippen LogP contribution in [0.2, 0.25) is 0 Å². The fourth-order valence-electron chi connectivity index (χ4n) is 5.30. The maximum Gasteiger partial charge on any atom is 0.306 e.